The summed E-state index contributed by atoms with van der Waals surface area (Å²) < 4.78 is 5.95. The molecule has 0 fully saturated rings. The summed E-state index contributed by atoms with van der Waals surface area (Å²) in [4.78, 5) is 23.0. The lowest BCUT2D eigenvalue weighted by Gasteiger charge is -2.28. The number of likely N-dealkylation sites (N-methyl/N-ethyl adjacent to an activating group) is 1. The number of allylic oxidation sites excluding steroid dienone is 1. The molecular formula is C15H28NO4+. The van der Waals surface area contributed by atoms with Crippen LogP contribution in [0.3, 0.4) is 0 Å². The van der Waals surface area contributed by atoms with E-state index >= 15 is 0 Å². The van der Waals surface area contributed by atoms with Crippen molar-refractivity contribution < 1.29 is 23.9 Å². The van der Waals surface area contributed by atoms with Gasteiger partial charge in [-0.2, -0.15) is 0 Å². The first-order valence-electron chi connectivity index (χ1n) is 7.11. The van der Waals surface area contributed by atoms with E-state index in [2.05, 4.69) is 0 Å². The standard InChI is InChI=1S/C15H27NO4/c1-6-8-12(9-7-2)15(19)20-13(10-14(17)18)11-16(3,4)5/h8,13H,6-7,9-11H2,1-5H3/p+1/b12-8+. The molecule has 1 N–H and O–H groups in total. The molecule has 5 heteroatoms. The van der Waals surface area contributed by atoms with E-state index in [0.29, 0.717) is 23.0 Å². The maximum atomic E-state index is 12.1. The average molecular weight is 286 g/mol. The van der Waals surface area contributed by atoms with E-state index in [-0.39, 0.29) is 12.4 Å². The van der Waals surface area contributed by atoms with Crippen molar-refractivity contribution >= 4 is 11.9 Å². The predicted molar refractivity (Wildman–Crippen MR) is 78.3 cm³/mol. The molecule has 0 radical (unpaired) electrons. The molecule has 1 atom stereocenters. The fourth-order valence-corrected chi connectivity index (χ4v) is 1.98. The molecule has 0 aromatic heterocycles. The molecule has 0 aliphatic rings. The Kier molecular flexibility index (Phi) is 8.15. The summed E-state index contributed by atoms with van der Waals surface area (Å²) in [7, 11) is 5.83. The van der Waals surface area contributed by atoms with Gasteiger partial charge in [-0.3, -0.25) is 4.79 Å². The number of hydrogen-bond acceptors (Lipinski definition) is 3. The normalized spacial score (nSPS) is 13.9. The molecule has 20 heavy (non-hydrogen) atoms. The van der Waals surface area contributed by atoms with Crippen LogP contribution in [-0.2, 0) is 14.3 Å². The van der Waals surface area contributed by atoms with Crippen molar-refractivity contribution in [3.8, 4) is 0 Å². The van der Waals surface area contributed by atoms with Gasteiger partial charge in [0.25, 0.3) is 0 Å². The third kappa shape index (κ3) is 8.69. The first-order valence-corrected chi connectivity index (χ1v) is 7.11. The Morgan fingerprint density at radius 2 is 1.85 bits per heavy atom. The molecule has 0 amide bonds. The minimum Gasteiger partial charge on any atom is -0.481 e. The lowest BCUT2D eigenvalue weighted by atomic mass is 10.1. The largest absolute Gasteiger partial charge is 0.481 e. The number of quaternary nitrogens is 1. The molecule has 116 valence electrons. The van der Waals surface area contributed by atoms with Crippen molar-refractivity contribution in [2.45, 2.75) is 45.6 Å². The van der Waals surface area contributed by atoms with Crippen LogP contribution in [0, 0.1) is 0 Å². The van der Waals surface area contributed by atoms with Crippen molar-refractivity contribution in [2.75, 3.05) is 27.7 Å². The first-order chi connectivity index (χ1) is 9.19. The Labute approximate surface area is 121 Å². The van der Waals surface area contributed by atoms with Crippen molar-refractivity contribution in [3.05, 3.63) is 11.6 Å². The van der Waals surface area contributed by atoms with Crippen LogP contribution in [0.25, 0.3) is 0 Å². The third-order valence-electron chi connectivity index (χ3n) is 2.66. The van der Waals surface area contributed by atoms with Gasteiger partial charge in [-0.15, -0.1) is 0 Å². The lowest BCUT2D eigenvalue weighted by Crippen LogP contribution is -2.44. The summed E-state index contributed by atoms with van der Waals surface area (Å²) in [5.74, 6) is -1.33. The van der Waals surface area contributed by atoms with Gasteiger partial charge in [-0.25, -0.2) is 4.79 Å². The highest BCUT2D eigenvalue weighted by atomic mass is 16.5. The maximum Gasteiger partial charge on any atom is 0.334 e. The van der Waals surface area contributed by atoms with Crippen LogP contribution in [-0.4, -0.2) is 55.3 Å². The maximum absolute atomic E-state index is 12.1. The van der Waals surface area contributed by atoms with Gasteiger partial charge in [0.1, 0.15) is 6.54 Å². The molecule has 0 aliphatic carbocycles. The number of hydrogen-bond donors (Lipinski definition) is 1. The van der Waals surface area contributed by atoms with Crippen LogP contribution in [0.15, 0.2) is 11.6 Å². The highest BCUT2D eigenvalue weighted by molar-refractivity contribution is 5.88. The van der Waals surface area contributed by atoms with Gasteiger partial charge in [-0.05, 0) is 12.8 Å². The van der Waals surface area contributed by atoms with Gasteiger partial charge in [0, 0.05) is 5.57 Å². The Balaban J connectivity index is 4.81. The van der Waals surface area contributed by atoms with E-state index in [1.807, 2.05) is 41.1 Å². The quantitative estimate of drug-likeness (QED) is 0.401. The molecule has 0 aromatic rings. The molecule has 0 rings (SSSR count). The molecule has 0 aromatic carbocycles. The van der Waals surface area contributed by atoms with Gasteiger partial charge < -0.3 is 14.3 Å². The van der Waals surface area contributed by atoms with E-state index < -0.39 is 12.1 Å². The zero-order valence-electron chi connectivity index (χ0n) is 13.3. The minimum absolute atomic E-state index is 0.160. The second kappa shape index (κ2) is 8.74. The number of carboxylic acids is 1. The zero-order chi connectivity index (χ0) is 15.8. The summed E-state index contributed by atoms with van der Waals surface area (Å²) in [5.41, 5.74) is 0.645. The molecule has 0 aliphatic heterocycles. The lowest BCUT2D eigenvalue weighted by molar-refractivity contribution is -0.873. The van der Waals surface area contributed by atoms with Crippen molar-refractivity contribution in [2.24, 2.45) is 0 Å². The summed E-state index contributed by atoms with van der Waals surface area (Å²) in [6, 6.07) is 0. The summed E-state index contributed by atoms with van der Waals surface area (Å²) in [6.07, 6.45) is 3.39. The van der Waals surface area contributed by atoms with E-state index in [0.717, 1.165) is 12.8 Å². The smallest absolute Gasteiger partial charge is 0.334 e. The Hall–Kier alpha value is -1.36. The number of aliphatic carboxylic acids is 1. The van der Waals surface area contributed by atoms with Crippen molar-refractivity contribution in [1.82, 2.24) is 0 Å². The van der Waals surface area contributed by atoms with E-state index in [9.17, 15) is 9.59 Å². The highest BCUT2D eigenvalue weighted by Crippen LogP contribution is 2.13. The first kappa shape index (κ1) is 18.6. The van der Waals surface area contributed by atoms with Crippen LogP contribution in [0.4, 0.5) is 0 Å². The van der Waals surface area contributed by atoms with Crippen LogP contribution < -0.4 is 0 Å². The van der Waals surface area contributed by atoms with Crippen LogP contribution in [0.1, 0.15) is 39.5 Å². The number of carbonyl (C=O) groups is 2. The average Bonchev–Trinajstić information content (AvgIpc) is 2.25. The van der Waals surface area contributed by atoms with Gasteiger partial charge in [0.15, 0.2) is 6.10 Å². The minimum atomic E-state index is -0.951. The topological polar surface area (TPSA) is 63.6 Å². The van der Waals surface area contributed by atoms with Gasteiger partial charge in [-0.1, -0.05) is 26.3 Å². The monoisotopic (exact) mass is 286 g/mol. The number of nitrogens with zero attached hydrogens (tertiary/aromatic N) is 1. The van der Waals surface area contributed by atoms with E-state index in [1.165, 1.54) is 0 Å². The summed E-state index contributed by atoms with van der Waals surface area (Å²) in [6.45, 7) is 4.44. The van der Waals surface area contributed by atoms with Crippen molar-refractivity contribution in [1.29, 1.82) is 0 Å². The number of carboxylic acid groups (broad SMARTS) is 1. The number of ether oxygens (including phenoxy) is 1. The molecule has 0 heterocycles. The highest BCUT2D eigenvalue weighted by Gasteiger charge is 2.25. The van der Waals surface area contributed by atoms with Gasteiger partial charge in [0.05, 0.1) is 27.6 Å². The summed E-state index contributed by atoms with van der Waals surface area (Å²) in [5, 5.41) is 8.93. The molecule has 0 saturated carbocycles. The SMILES string of the molecule is CC/C=C(\CCC)C(=O)OC(CC(=O)O)C[N+](C)(C)C. The molecule has 1 unspecified atom stereocenters. The van der Waals surface area contributed by atoms with E-state index in [4.69, 9.17) is 9.84 Å². The fraction of sp³-hybridized carbons (Fsp3) is 0.733. The van der Waals surface area contributed by atoms with Crippen LogP contribution in [0.5, 0.6) is 0 Å². The van der Waals surface area contributed by atoms with Crippen LogP contribution >= 0.6 is 0 Å². The number of carbonyl (C=O) groups excluding carboxylic acids is 1. The molecule has 0 saturated heterocycles. The zero-order valence-corrected chi connectivity index (χ0v) is 13.3. The van der Waals surface area contributed by atoms with E-state index in [1.54, 1.807) is 0 Å². The fourth-order valence-electron chi connectivity index (χ4n) is 1.98. The Morgan fingerprint density at radius 3 is 2.25 bits per heavy atom. The Morgan fingerprint density at radius 1 is 1.25 bits per heavy atom. The van der Waals surface area contributed by atoms with Gasteiger partial charge in [0.2, 0.25) is 0 Å². The third-order valence-corrected chi connectivity index (χ3v) is 2.66. The predicted octanol–water partition coefficient (Wildman–Crippen LogP) is 2.22. The second-order valence-corrected chi connectivity index (χ2v) is 5.99. The molecule has 5 nitrogen and oxygen atoms in total. The summed E-state index contributed by atoms with van der Waals surface area (Å²) >= 11 is 0. The number of esters is 1. The van der Waals surface area contributed by atoms with Crippen LogP contribution in [0.2, 0.25) is 0 Å². The number of rotatable bonds is 9. The second-order valence-electron chi connectivity index (χ2n) is 5.99. The molecule has 0 bridgehead atoms. The molecular weight excluding hydrogens is 258 g/mol. The van der Waals surface area contributed by atoms with Gasteiger partial charge >= 0.3 is 11.9 Å². The van der Waals surface area contributed by atoms with Crippen molar-refractivity contribution in [3.63, 3.8) is 0 Å². The Bertz CT molecular complexity index is 355. The molecule has 0 spiro atoms.